The number of ether oxygens (including phenoxy) is 1. The van der Waals surface area contributed by atoms with E-state index in [0.717, 1.165) is 35.5 Å². The number of hydrogen-bond acceptors (Lipinski definition) is 3. The molecule has 0 aliphatic heterocycles. The molecule has 2 aromatic rings. The van der Waals surface area contributed by atoms with E-state index >= 15 is 0 Å². The van der Waals surface area contributed by atoms with Gasteiger partial charge in [-0.1, -0.05) is 38.1 Å². The summed E-state index contributed by atoms with van der Waals surface area (Å²) >= 11 is 0. The van der Waals surface area contributed by atoms with Crippen LogP contribution in [0.2, 0.25) is 0 Å². The molecule has 4 nitrogen and oxygen atoms in total. The summed E-state index contributed by atoms with van der Waals surface area (Å²) in [4.78, 5) is 12.2. The second-order valence-corrected chi connectivity index (χ2v) is 5.74. The third-order valence-electron chi connectivity index (χ3n) is 3.76. The van der Waals surface area contributed by atoms with Crippen LogP contribution in [0.5, 0.6) is 5.75 Å². The fourth-order valence-electron chi connectivity index (χ4n) is 2.53. The highest BCUT2D eigenvalue weighted by atomic mass is 16.5. The van der Waals surface area contributed by atoms with Crippen LogP contribution in [-0.4, -0.2) is 19.1 Å². The van der Waals surface area contributed by atoms with Crippen molar-refractivity contribution in [3.05, 3.63) is 53.6 Å². The molecule has 2 N–H and O–H groups in total. The average Bonchev–Trinajstić information content (AvgIpc) is 2.59. The molecule has 2 rings (SSSR count). The summed E-state index contributed by atoms with van der Waals surface area (Å²) in [6.45, 7) is 7.13. The molecule has 128 valence electrons. The number of nitrogens with one attached hydrogen (secondary N) is 2. The summed E-state index contributed by atoms with van der Waals surface area (Å²) in [7, 11) is 0. The van der Waals surface area contributed by atoms with Crippen molar-refractivity contribution >= 4 is 17.3 Å². The van der Waals surface area contributed by atoms with Crippen LogP contribution in [0.25, 0.3) is 0 Å². The second kappa shape index (κ2) is 8.96. The molecule has 0 aromatic heterocycles. The quantitative estimate of drug-likeness (QED) is 0.756. The molecular weight excluding hydrogens is 300 g/mol. The predicted octanol–water partition coefficient (Wildman–Crippen LogP) is 4.40. The van der Waals surface area contributed by atoms with Gasteiger partial charge in [0, 0.05) is 17.4 Å². The predicted molar refractivity (Wildman–Crippen MR) is 99.9 cm³/mol. The molecule has 0 radical (unpaired) electrons. The Kier molecular flexibility index (Phi) is 6.67. The highest BCUT2D eigenvalue weighted by Gasteiger charge is 2.07. The van der Waals surface area contributed by atoms with Crippen LogP contribution in [0.4, 0.5) is 11.4 Å². The van der Waals surface area contributed by atoms with Gasteiger partial charge in [0.05, 0.1) is 13.2 Å². The number of para-hydroxylation sites is 1. The van der Waals surface area contributed by atoms with Gasteiger partial charge in [-0.15, -0.1) is 0 Å². The van der Waals surface area contributed by atoms with Gasteiger partial charge in [0.15, 0.2) is 0 Å². The number of benzene rings is 2. The first-order chi connectivity index (χ1) is 11.6. The summed E-state index contributed by atoms with van der Waals surface area (Å²) in [5.41, 5.74) is 4.17. The van der Waals surface area contributed by atoms with Gasteiger partial charge in [-0.25, -0.2) is 0 Å². The van der Waals surface area contributed by atoms with Crippen molar-refractivity contribution < 1.29 is 9.53 Å². The third-order valence-corrected chi connectivity index (χ3v) is 3.76. The summed E-state index contributed by atoms with van der Waals surface area (Å²) in [6.07, 6.45) is 1.89. The fraction of sp³-hybridized carbons (Fsp3) is 0.350. The maximum atomic E-state index is 12.2. The molecule has 0 saturated carbocycles. The number of carbonyl (C=O) groups excluding carboxylic acids is 1. The lowest BCUT2D eigenvalue weighted by molar-refractivity contribution is -0.114. The number of anilines is 2. The fourth-order valence-corrected chi connectivity index (χ4v) is 2.53. The van der Waals surface area contributed by atoms with Crippen molar-refractivity contribution in [2.45, 2.75) is 33.6 Å². The molecule has 4 heteroatoms. The average molecular weight is 326 g/mol. The normalized spacial score (nSPS) is 10.3. The monoisotopic (exact) mass is 326 g/mol. The summed E-state index contributed by atoms with van der Waals surface area (Å²) in [5, 5.41) is 6.16. The van der Waals surface area contributed by atoms with Crippen LogP contribution in [0, 0.1) is 6.92 Å². The van der Waals surface area contributed by atoms with Crippen LogP contribution < -0.4 is 15.4 Å². The van der Waals surface area contributed by atoms with Crippen molar-refractivity contribution in [2.24, 2.45) is 0 Å². The Bertz CT molecular complexity index is 683. The zero-order chi connectivity index (χ0) is 17.4. The highest BCUT2D eigenvalue weighted by molar-refractivity contribution is 5.94. The van der Waals surface area contributed by atoms with Crippen LogP contribution in [0.3, 0.4) is 0 Å². The first-order valence-electron chi connectivity index (χ1n) is 8.49. The Morgan fingerprint density at radius 3 is 2.67 bits per heavy atom. The maximum absolute atomic E-state index is 12.2. The summed E-state index contributed by atoms with van der Waals surface area (Å²) in [5.74, 6) is 0.697. The number of rotatable bonds is 8. The Morgan fingerprint density at radius 2 is 1.92 bits per heavy atom. The molecule has 0 aliphatic rings. The van der Waals surface area contributed by atoms with E-state index in [0.29, 0.717) is 6.61 Å². The standard InChI is InChI=1S/C20H26N2O2/c1-4-12-24-18-11-7-10-17(13-18)22-19(23)14-21-20-15(3)8-6-9-16(20)5-2/h6-11,13,21H,4-5,12,14H2,1-3H3,(H,22,23). The molecular formula is C20H26N2O2. The molecule has 2 aromatic carbocycles. The molecule has 0 bridgehead atoms. The van der Waals surface area contributed by atoms with Crippen LogP contribution >= 0.6 is 0 Å². The van der Waals surface area contributed by atoms with E-state index in [2.05, 4.69) is 30.5 Å². The zero-order valence-corrected chi connectivity index (χ0v) is 14.7. The molecule has 0 saturated heterocycles. The molecule has 0 spiro atoms. The molecule has 0 fully saturated rings. The lowest BCUT2D eigenvalue weighted by Crippen LogP contribution is -2.22. The van der Waals surface area contributed by atoms with Crippen molar-refractivity contribution in [1.29, 1.82) is 0 Å². The lowest BCUT2D eigenvalue weighted by atomic mass is 10.1. The first-order valence-corrected chi connectivity index (χ1v) is 8.49. The van der Waals surface area contributed by atoms with Crippen LogP contribution in [-0.2, 0) is 11.2 Å². The summed E-state index contributed by atoms with van der Waals surface area (Å²) < 4.78 is 5.59. The van der Waals surface area contributed by atoms with Gasteiger partial charge in [0.2, 0.25) is 5.91 Å². The third kappa shape index (κ3) is 5.01. The summed E-state index contributed by atoms with van der Waals surface area (Å²) in [6, 6.07) is 13.7. The molecule has 0 aliphatic carbocycles. The number of hydrogen-bond donors (Lipinski definition) is 2. The van der Waals surface area contributed by atoms with Crippen LogP contribution in [0.15, 0.2) is 42.5 Å². The largest absolute Gasteiger partial charge is 0.494 e. The number of carbonyl (C=O) groups is 1. The molecule has 0 heterocycles. The van der Waals surface area contributed by atoms with Crippen molar-refractivity contribution in [3.63, 3.8) is 0 Å². The van der Waals surface area contributed by atoms with E-state index < -0.39 is 0 Å². The topological polar surface area (TPSA) is 50.4 Å². The highest BCUT2D eigenvalue weighted by Crippen LogP contribution is 2.21. The zero-order valence-electron chi connectivity index (χ0n) is 14.7. The van der Waals surface area contributed by atoms with E-state index in [9.17, 15) is 4.79 Å². The van der Waals surface area contributed by atoms with E-state index in [1.807, 2.05) is 43.3 Å². The van der Waals surface area contributed by atoms with Gasteiger partial charge in [0.1, 0.15) is 5.75 Å². The van der Waals surface area contributed by atoms with E-state index in [-0.39, 0.29) is 12.5 Å². The number of amides is 1. The van der Waals surface area contributed by atoms with Crippen LogP contribution in [0.1, 0.15) is 31.4 Å². The van der Waals surface area contributed by atoms with Crippen molar-refractivity contribution in [2.75, 3.05) is 23.8 Å². The Morgan fingerprint density at radius 1 is 1.12 bits per heavy atom. The first kappa shape index (κ1) is 17.9. The van der Waals surface area contributed by atoms with Gasteiger partial charge >= 0.3 is 0 Å². The molecule has 1 amide bonds. The Labute approximate surface area is 144 Å². The maximum Gasteiger partial charge on any atom is 0.243 e. The molecule has 0 unspecified atom stereocenters. The van der Waals surface area contributed by atoms with E-state index in [1.54, 1.807) is 0 Å². The van der Waals surface area contributed by atoms with Gasteiger partial charge in [-0.3, -0.25) is 4.79 Å². The van der Waals surface area contributed by atoms with Gasteiger partial charge in [0.25, 0.3) is 0 Å². The van der Waals surface area contributed by atoms with Gasteiger partial charge in [-0.2, -0.15) is 0 Å². The number of aryl methyl sites for hydroxylation is 2. The molecule has 0 atom stereocenters. The van der Waals surface area contributed by atoms with Gasteiger partial charge < -0.3 is 15.4 Å². The minimum absolute atomic E-state index is 0.0760. The molecule has 24 heavy (non-hydrogen) atoms. The minimum Gasteiger partial charge on any atom is -0.494 e. The SMILES string of the molecule is CCCOc1cccc(NC(=O)CNc2c(C)cccc2CC)c1. The van der Waals surface area contributed by atoms with Crippen molar-refractivity contribution in [1.82, 2.24) is 0 Å². The Hall–Kier alpha value is -2.49. The second-order valence-electron chi connectivity index (χ2n) is 5.74. The Balaban J connectivity index is 1.94. The minimum atomic E-state index is -0.0760. The van der Waals surface area contributed by atoms with E-state index in [1.165, 1.54) is 5.56 Å². The van der Waals surface area contributed by atoms with Gasteiger partial charge in [-0.05, 0) is 43.0 Å². The van der Waals surface area contributed by atoms with Crippen molar-refractivity contribution in [3.8, 4) is 5.75 Å². The van der Waals surface area contributed by atoms with E-state index in [4.69, 9.17) is 4.74 Å². The lowest BCUT2D eigenvalue weighted by Gasteiger charge is -2.14. The smallest absolute Gasteiger partial charge is 0.243 e.